The van der Waals surface area contributed by atoms with Crippen LogP contribution in [0.1, 0.15) is 18.0 Å². The summed E-state index contributed by atoms with van der Waals surface area (Å²) in [6.45, 7) is 1.26. The topological polar surface area (TPSA) is 64.6 Å². The Morgan fingerprint density at radius 2 is 1.95 bits per heavy atom. The highest BCUT2D eigenvalue weighted by Crippen LogP contribution is 2.32. The minimum Gasteiger partial charge on any atom is -0.490 e. The highest BCUT2D eigenvalue weighted by atomic mass is 32.2. The van der Waals surface area contributed by atoms with E-state index in [0.717, 1.165) is 17.7 Å². The van der Waals surface area contributed by atoms with E-state index in [4.69, 9.17) is 9.47 Å². The van der Waals surface area contributed by atoms with Gasteiger partial charge in [-0.2, -0.15) is 0 Å². The molecule has 1 aromatic rings. The first kappa shape index (κ1) is 14.1. The van der Waals surface area contributed by atoms with Crippen molar-refractivity contribution in [3.05, 3.63) is 23.8 Å². The van der Waals surface area contributed by atoms with Crippen molar-refractivity contribution in [1.29, 1.82) is 0 Å². The van der Waals surface area contributed by atoms with Crippen LogP contribution in [0.2, 0.25) is 0 Å². The molecule has 6 heteroatoms. The zero-order chi connectivity index (χ0) is 13.9. The number of fused-ring (bicyclic) bond motifs is 1. The van der Waals surface area contributed by atoms with Crippen molar-refractivity contribution < 1.29 is 17.9 Å². The molecule has 1 aliphatic rings. The van der Waals surface area contributed by atoms with Gasteiger partial charge < -0.3 is 14.8 Å². The Kier molecular flexibility index (Phi) is 4.31. The molecule has 0 spiro atoms. The summed E-state index contributed by atoms with van der Waals surface area (Å²) < 4.78 is 34.0. The van der Waals surface area contributed by atoms with Crippen LogP contribution in [0.4, 0.5) is 0 Å². The maximum absolute atomic E-state index is 11.4. The molecule has 1 atom stereocenters. The summed E-state index contributed by atoms with van der Waals surface area (Å²) >= 11 is 0. The first-order valence-electron chi connectivity index (χ1n) is 6.24. The zero-order valence-electron chi connectivity index (χ0n) is 11.2. The molecule has 19 heavy (non-hydrogen) atoms. The van der Waals surface area contributed by atoms with Gasteiger partial charge in [-0.1, -0.05) is 6.07 Å². The lowest BCUT2D eigenvalue weighted by Gasteiger charge is -2.17. The Morgan fingerprint density at radius 3 is 2.58 bits per heavy atom. The van der Waals surface area contributed by atoms with Crippen molar-refractivity contribution in [1.82, 2.24) is 5.32 Å². The Morgan fingerprint density at radius 1 is 1.26 bits per heavy atom. The fourth-order valence-electron chi connectivity index (χ4n) is 2.05. The van der Waals surface area contributed by atoms with E-state index in [0.29, 0.717) is 19.0 Å². The number of rotatable bonds is 4. The van der Waals surface area contributed by atoms with E-state index in [1.807, 2.05) is 18.2 Å². The van der Waals surface area contributed by atoms with Crippen LogP contribution in [0.3, 0.4) is 0 Å². The summed E-state index contributed by atoms with van der Waals surface area (Å²) in [6, 6.07) is 5.32. The molecule has 0 fully saturated rings. The Balaban J connectivity index is 2.26. The molecule has 1 aliphatic heterocycles. The van der Waals surface area contributed by atoms with Gasteiger partial charge in [0.25, 0.3) is 0 Å². The lowest BCUT2D eigenvalue weighted by molar-refractivity contribution is 0.297. The molecule has 0 radical (unpaired) electrons. The van der Waals surface area contributed by atoms with Gasteiger partial charge in [0, 0.05) is 18.7 Å². The summed E-state index contributed by atoms with van der Waals surface area (Å²) in [7, 11) is -1.30. The predicted octanol–water partition coefficient (Wildman–Crippen LogP) is 1.15. The third kappa shape index (κ3) is 3.84. The third-order valence-electron chi connectivity index (χ3n) is 2.99. The van der Waals surface area contributed by atoms with Gasteiger partial charge in [-0.3, -0.25) is 0 Å². The summed E-state index contributed by atoms with van der Waals surface area (Å²) in [5, 5.41) is 3.02. The molecule has 0 amide bonds. The summed E-state index contributed by atoms with van der Waals surface area (Å²) in [6.07, 6.45) is 2.09. The standard InChI is InChI=1S/C13H19NO4S/c1-14-11(9-19(2,15)16)10-4-5-12-13(8-10)18-7-3-6-17-12/h4-5,8,11,14H,3,6-7,9H2,1-2H3. The molecule has 1 N–H and O–H groups in total. The highest BCUT2D eigenvalue weighted by Gasteiger charge is 2.18. The largest absolute Gasteiger partial charge is 0.490 e. The van der Waals surface area contributed by atoms with Crippen LogP contribution >= 0.6 is 0 Å². The van der Waals surface area contributed by atoms with Crippen LogP contribution in [0.15, 0.2) is 18.2 Å². The minimum atomic E-state index is -3.05. The van der Waals surface area contributed by atoms with Gasteiger partial charge in [0.15, 0.2) is 11.5 Å². The van der Waals surface area contributed by atoms with Gasteiger partial charge in [-0.05, 0) is 24.7 Å². The van der Waals surface area contributed by atoms with Crippen LogP contribution in [-0.4, -0.2) is 40.7 Å². The minimum absolute atomic E-state index is 0.0587. The van der Waals surface area contributed by atoms with Crippen molar-refractivity contribution in [2.75, 3.05) is 32.3 Å². The van der Waals surface area contributed by atoms with Gasteiger partial charge in [0.05, 0.1) is 19.0 Å². The van der Waals surface area contributed by atoms with Gasteiger partial charge >= 0.3 is 0 Å². The summed E-state index contributed by atoms with van der Waals surface area (Å²) in [5.74, 6) is 1.46. The fraction of sp³-hybridized carbons (Fsp3) is 0.538. The average Bonchev–Trinajstić information content (AvgIpc) is 2.59. The maximum Gasteiger partial charge on any atom is 0.161 e. The van der Waals surface area contributed by atoms with E-state index in [2.05, 4.69) is 5.32 Å². The van der Waals surface area contributed by atoms with Crippen molar-refractivity contribution in [3.8, 4) is 11.5 Å². The average molecular weight is 285 g/mol. The zero-order valence-corrected chi connectivity index (χ0v) is 12.0. The number of hydrogen-bond donors (Lipinski definition) is 1. The van der Waals surface area contributed by atoms with E-state index >= 15 is 0 Å². The van der Waals surface area contributed by atoms with Crippen molar-refractivity contribution in [2.45, 2.75) is 12.5 Å². The van der Waals surface area contributed by atoms with Crippen LogP contribution in [0.5, 0.6) is 11.5 Å². The SMILES string of the molecule is CNC(CS(C)(=O)=O)c1ccc2c(c1)OCCCO2. The van der Waals surface area contributed by atoms with E-state index < -0.39 is 9.84 Å². The molecule has 2 rings (SSSR count). The molecular formula is C13H19NO4S. The van der Waals surface area contributed by atoms with E-state index in [-0.39, 0.29) is 11.8 Å². The first-order chi connectivity index (χ1) is 8.99. The Hall–Kier alpha value is -1.27. The second-order valence-corrected chi connectivity index (χ2v) is 6.88. The summed E-state index contributed by atoms with van der Waals surface area (Å²) in [5.41, 5.74) is 0.886. The summed E-state index contributed by atoms with van der Waals surface area (Å²) in [4.78, 5) is 0. The van der Waals surface area contributed by atoms with Crippen LogP contribution in [0.25, 0.3) is 0 Å². The number of ether oxygens (including phenoxy) is 2. The third-order valence-corrected chi connectivity index (χ3v) is 3.93. The van der Waals surface area contributed by atoms with Crippen LogP contribution in [-0.2, 0) is 9.84 Å². The number of hydrogen-bond acceptors (Lipinski definition) is 5. The normalized spacial score (nSPS) is 16.7. The number of nitrogens with one attached hydrogen (secondary N) is 1. The monoisotopic (exact) mass is 285 g/mol. The molecule has 0 saturated carbocycles. The highest BCUT2D eigenvalue weighted by molar-refractivity contribution is 7.90. The van der Waals surface area contributed by atoms with E-state index in [9.17, 15) is 8.42 Å². The lowest BCUT2D eigenvalue weighted by atomic mass is 10.1. The first-order valence-corrected chi connectivity index (χ1v) is 8.30. The molecule has 106 valence electrons. The second kappa shape index (κ2) is 5.79. The Labute approximate surface area is 113 Å². The van der Waals surface area contributed by atoms with Crippen molar-refractivity contribution in [2.24, 2.45) is 0 Å². The molecule has 0 aliphatic carbocycles. The lowest BCUT2D eigenvalue weighted by Crippen LogP contribution is -2.24. The van der Waals surface area contributed by atoms with E-state index in [1.165, 1.54) is 6.26 Å². The van der Waals surface area contributed by atoms with Gasteiger partial charge in [0.1, 0.15) is 9.84 Å². The van der Waals surface area contributed by atoms with Crippen molar-refractivity contribution >= 4 is 9.84 Å². The molecule has 0 bridgehead atoms. The molecule has 5 nitrogen and oxygen atoms in total. The molecular weight excluding hydrogens is 266 g/mol. The van der Waals surface area contributed by atoms with Crippen molar-refractivity contribution in [3.63, 3.8) is 0 Å². The molecule has 1 unspecified atom stereocenters. The molecule has 0 saturated heterocycles. The molecule has 1 aromatic carbocycles. The van der Waals surface area contributed by atoms with Crippen LogP contribution in [0, 0.1) is 0 Å². The molecule has 0 aromatic heterocycles. The fourth-order valence-corrected chi connectivity index (χ4v) is 3.01. The smallest absolute Gasteiger partial charge is 0.161 e. The number of sulfone groups is 1. The second-order valence-electron chi connectivity index (χ2n) is 4.69. The van der Waals surface area contributed by atoms with Gasteiger partial charge in [-0.25, -0.2) is 8.42 Å². The quantitative estimate of drug-likeness (QED) is 0.899. The van der Waals surface area contributed by atoms with Crippen LogP contribution < -0.4 is 14.8 Å². The predicted molar refractivity (Wildman–Crippen MR) is 73.6 cm³/mol. The maximum atomic E-state index is 11.4. The number of benzene rings is 1. The molecule has 1 heterocycles. The van der Waals surface area contributed by atoms with E-state index in [1.54, 1.807) is 7.05 Å². The van der Waals surface area contributed by atoms with Gasteiger partial charge in [0.2, 0.25) is 0 Å². The van der Waals surface area contributed by atoms with Gasteiger partial charge in [-0.15, -0.1) is 0 Å². The Bertz CT molecular complexity index is 542.